The Morgan fingerprint density at radius 1 is 1.17 bits per heavy atom. The van der Waals surface area contributed by atoms with Gasteiger partial charge >= 0.3 is 0 Å². The van der Waals surface area contributed by atoms with E-state index >= 15 is 0 Å². The van der Waals surface area contributed by atoms with Crippen molar-refractivity contribution in [2.24, 2.45) is 0 Å². The lowest BCUT2D eigenvalue weighted by Crippen LogP contribution is -2.50. The van der Waals surface area contributed by atoms with Gasteiger partial charge in [-0.1, -0.05) is 48.0 Å². The van der Waals surface area contributed by atoms with Crippen molar-refractivity contribution in [2.45, 2.75) is 44.1 Å². The molecule has 2 amide bonds. The first-order chi connectivity index (χ1) is 17.4. The fourth-order valence-electron chi connectivity index (χ4n) is 4.50. The fraction of sp³-hybridized carbons (Fsp3) is 0.333. The maximum Gasteiger partial charge on any atom is 0.255 e. The average molecular weight is 529 g/mol. The van der Waals surface area contributed by atoms with E-state index in [0.717, 1.165) is 28.0 Å². The predicted octanol–water partition coefficient (Wildman–Crippen LogP) is 3.70. The number of nitrogens with one attached hydrogen (secondary N) is 1. The first-order valence-electron chi connectivity index (χ1n) is 11.8. The van der Waals surface area contributed by atoms with Gasteiger partial charge in [0.25, 0.3) is 11.8 Å². The molecular weight excluding hydrogens is 500 g/mol. The monoisotopic (exact) mass is 528 g/mol. The van der Waals surface area contributed by atoms with Crippen LogP contribution in [-0.4, -0.2) is 52.8 Å². The van der Waals surface area contributed by atoms with Crippen LogP contribution < -0.4 is 10.1 Å². The summed E-state index contributed by atoms with van der Waals surface area (Å²) >= 11 is 7.71. The number of thiophene rings is 1. The Bertz CT molecular complexity index is 1220. The summed E-state index contributed by atoms with van der Waals surface area (Å²) < 4.78 is 5.43. The molecule has 2 unspecified atom stereocenters. The summed E-state index contributed by atoms with van der Waals surface area (Å²) in [6.07, 6.45) is -1.62. The van der Waals surface area contributed by atoms with Crippen LogP contribution in [0.1, 0.15) is 40.5 Å². The Morgan fingerprint density at radius 2 is 1.92 bits per heavy atom. The zero-order chi connectivity index (χ0) is 25.7. The molecule has 0 spiro atoms. The summed E-state index contributed by atoms with van der Waals surface area (Å²) in [5.41, 5.74) is 2.91. The van der Waals surface area contributed by atoms with Crippen molar-refractivity contribution in [1.29, 1.82) is 0 Å². The summed E-state index contributed by atoms with van der Waals surface area (Å²) in [7, 11) is 1.57. The molecule has 4 rings (SSSR count). The minimum atomic E-state index is -1.88. The van der Waals surface area contributed by atoms with Gasteiger partial charge in [0.2, 0.25) is 0 Å². The lowest BCUT2D eigenvalue weighted by Gasteiger charge is -2.29. The second-order valence-electron chi connectivity index (χ2n) is 8.73. The van der Waals surface area contributed by atoms with Gasteiger partial charge in [-0.2, -0.15) is 0 Å². The van der Waals surface area contributed by atoms with Gasteiger partial charge in [0.15, 0.2) is 12.2 Å². The van der Waals surface area contributed by atoms with Crippen molar-refractivity contribution in [1.82, 2.24) is 10.2 Å². The third-order valence-corrected chi connectivity index (χ3v) is 7.71. The molecule has 1 fully saturated rings. The lowest BCUT2D eigenvalue weighted by atomic mass is 10.0. The standard InChI is InChI=1S/C27H29ClN2O5S/c1-35-23-11-5-3-8-20(23)22-10-6-12-30(22)27(34)25(32)24(31)26(33)29-15-19-14-17(16-36-19)13-18-7-2-4-9-21(18)28/h2-5,7-9,11,14,16,22,24-25,31-32H,6,10,12-13,15H2,1H3,(H,29,33)/t22?,24-,25?/m1/s1. The van der Waals surface area contributed by atoms with E-state index < -0.39 is 24.0 Å². The number of carbonyl (C=O) groups excluding carboxylic acids is 2. The first-order valence-corrected chi connectivity index (χ1v) is 13.0. The Kier molecular flexibility index (Phi) is 8.64. The van der Waals surface area contributed by atoms with Crippen molar-refractivity contribution in [2.75, 3.05) is 13.7 Å². The third kappa shape index (κ3) is 5.90. The maximum atomic E-state index is 13.0. The van der Waals surface area contributed by atoms with Gasteiger partial charge in [-0.25, -0.2) is 0 Å². The maximum absolute atomic E-state index is 13.0. The van der Waals surface area contributed by atoms with Gasteiger partial charge in [0.1, 0.15) is 5.75 Å². The normalized spacial score (nSPS) is 17.0. The predicted molar refractivity (Wildman–Crippen MR) is 139 cm³/mol. The van der Waals surface area contributed by atoms with E-state index in [4.69, 9.17) is 16.3 Å². The molecule has 2 aromatic carbocycles. The zero-order valence-electron chi connectivity index (χ0n) is 19.9. The van der Waals surface area contributed by atoms with Crippen molar-refractivity contribution >= 4 is 34.8 Å². The van der Waals surface area contributed by atoms with Crippen molar-refractivity contribution < 1.29 is 24.5 Å². The second-order valence-corrected chi connectivity index (χ2v) is 10.1. The number of carbonyl (C=O) groups is 2. The Balaban J connectivity index is 1.34. The molecule has 2 heterocycles. The number of hydrogen-bond acceptors (Lipinski definition) is 6. The number of benzene rings is 2. The molecule has 1 aromatic heterocycles. The van der Waals surface area contributed by atoms with E-state index in [-0.39, 0.29) is 12.6 Å². The molecule has 36 heavy (non-hydrogen) atoms. The largest absolute Gasteiger partial charge is 0.496 e. The van der Waals surface area contributed by atoms with Gasteiger partial charge in [-0.05, 0) is 54.0 Å². The highest BCUT2D eigenvalue weighted by Crippen LogP contribution is 2.37. The van der Waals surface area contributed by atoms with Crippen LogP contribution >= 0.6 is 22.9 Å². The number of hydrogen-bond donors (Lipinski definition) is 3. The van der Waals surface area contributed by atoms with E-state index in [1.165, 1.54) is 16.2 Å². The molecule has 9 heteroatoms. The summed E-state index contributed by atoms with van der Waals surface area (Å²) in [5.74, 6) is -0.825. The highest BCUT2D eigenvalue weighted by molar-refractivity contribution is 7.10. The van der Waals surface area contributed by atoms with E-state index in [1.807, 2.05) is 60.0 Å². The van der Waals surface area contributed by atoms with E-state index in [2.05, 4.69) is 5.32 Å². The highest BCUT2D eigenvalue weighted by atomic mass is 35.5. The van der Waals surface area contributed by atoms with E-state index in [0.29, 0.717) is 30.2 Å². The molecule has 1 saturated heterocycles. The van der Waals surface area contributed by atoms with Crippen LogP contribution in [0.4, 0.5) is 0 Å². The number of halogens is 1. The lowest BCUT2D eigenvalue weighted by molar-refractivity contribution is -0.153. The smallest absolute Gasteiger partial charge is 0.255 e. The van der Waals surface area contributed by atoms with Gasteiger partial charge < -0.3 is 25.2 Å². The number of para-hydroxylation sites is 1. The summed E-state index contributed by atoms with van der Waals surface area (Å²) in [5, 5.41) is 26.3. The van der Waals surface area contributed by atoms with Crippen LogP contribution in [0, 0.1) is 0 Å². The summed E-state index contributed by atoms with van der Waals surface area (Å²) in [6.45, 7) is 0.605. The highest BCUT2D eigenvalue weighted by Gasteiger charge is 2.39. The molecule has 3 N–H and O–H groups in total. The van der Waals surface area contributed by atoms with Crippen molar-refractivity contribution in [3.63, 3.8) is 0 Å². The topological polar surface area (TPSA) is 99.1 Å². The van der Waals surface area contributed by atoms with Crippen LogP contribution in [0.5, 0.6) is 5.75 Å². The Hall–Kier alpha value is -2.91. The summed E-state index contributed by atoms with van der Waals surface area (Å²) in [6, 6.07) is 16.7. The molecule has 3 atom stereocenters. The number of likely N-dealkylation sites (tertiary alicyclic amines) is 1. The second kappa shape index (κ2) is 11.9. The SMILES string of the molecule is COc1ccccc1C1CCCN1C(=O)C(O)[C@@H](O)C(=O)NCc1cc(Cc2ccccc2Cl)cs1. The molecular formula is C27H29ClN2O5S. The average Bonchev–Trinajstić information content (AvgIpc) is 3.57. The van der Waals surface area contributed by atoms with Crippen LogP contribution in [-0.2, 0) is 22.6 Å². The van der Waals surface area contributed by atoms with Gasteiger partial charge in [-0.3, -0.25) is 9.59 Å². The van der Waals surface area contributed by atoms with Gasteiger partial charge in [-0.15, -0.1) is 11.3 Å². The summed E-state index contributed by atoms with van der Waals surface area (Å²) in [4.78, 5) is 28.0. The number of aliphatic hydroxyl groups is 2. The molecule has 0 bridgehead atoms. The minimum Gasteiger partial charge on any atom is -0.496 e. The number of nitrogens with zero attached hydrogens (tertiary/aromatic N) is 1. The fourth-order valence-corrected chi connectivity index (χ4v) is 5.53. The van der Waals surface area contributed by atoms with Crippen molar-refractivity contribution in [3.05, 3.63) is 86.6 Å². The quantitative estimate of drug-likeness (QED) is 0.393. The number of ether oxygens (including phenoxy) is 1. The first kappa shape index (κ1) is 26.2. The molecule has 0 radical (unpaired) electrons. The molecule has 7 nitrogen and oxygen atoms in total. The third-order valence-electron chi connectivity index (χ3n) is 6.35. The molecule has 1 aliphatic heterocycles. The number of amides is 2. The minimum absolute atomic E-state index is 0.178. The number of rotatable bonds is 9. The van der Waals surface area contributed by atoms with Crippen LogP contribution in [0.25, 0.3) is 0 Å². The van der Waals surface area contributed by atoms with Crippen molar-refractivity contribution in [3.8, 4) is 5.75 Å². The van der Waals surface area contributed by atoms with Crippen LogP contribution in [0.2, 0.25) is 5.02 Å². The van der Waals surface area contributed by atoms with Gasteiger partial charge in [0, 0.05) is 22.0 Å². The zero-order valence-corrected chi connectivity index (χ0v) is 21.5. The number of aliphatic hydroxyl groups excluding tert-OH is 2. The molecule has 3 aromatic rings. The Labute approximate surface area is 219 Å². The molecule has 190 valence electrons. The van der Waals surface area contributed by atoms with E-state index in [1.54, 1.807) is 7.11 Å². The number of methoxy groups -OCH3 is 1. The van der Waals surface area contributed by atoms with Crippen LogP contribution in [0.15, 0.2) is 60.0 Å². The Morgan fingerprint density at radius 3 is 2.69 bits per heavy atom. The van der Waals surface area contributed by atoms with E-state index in [9.17, 15) is 19.8 Å². The molecule has 0 saturated carbocycles. The molecule has 1 aliphatic rings. The molecule has 0 aliphatic carbocycles. The van der Waals surface area contributed by atoms with Gasteiger partial charge in [0.05, 0.1) is 19.7 Å². The van der Waals surface area contributed by atoms with Crippen LogP contribution in [0.3, 0.4) is 0 Å².